The summed E-state index contributed by atoms with van der Waals surface area (Å²) in [6, 6.07) is 39.3. The van der Waals surface area contributed by atoms with Crippen molar-refractivity contribution in [2.24, 2.45) is 0 Å². The summed E-state index contributed by atoms with van der Waals surface area (Å²) in [6.45, 7) is 0. The third kappa shape index (κ3) is 3.56. The van der Waals surface area contributed by atoms with Gasteiger partial charge >= 0.3 is 0 Å². The van der Waals surface area contributed by atoms with E-state index < -0.39 is 0 Å². The Morgan fingerprint density at radius 2 is 1.26 bits per heavy atom. The molecule has 196 valence electrons. The van der Waals surface area contributed by atoms with Gasteiger partial charge in [0.25, 0.3) is 0 Å². The Morgan fingerprint density at radius 3 is 2.17 bits per heavy atom. The molecule has 9 aromatic rings. The molecule has 5 aromatic carbocycles. The number of rotatable bonds is 3. The predicted molar refractivity (Wildman–Crippen MR) is 172 cm³/mol. The molecular formula is C36H20N4OS. The van der Waals surface area contributed by atoms with Crippen molar-refractivity contribution in [3.05, 3.63) is 121 Å². The van der Waals surface area contributed by atoms with E-state index in [0.29, 0.717) is 23.2 Å². The molecule has 0 unspecified atom stereocenters. The van der Waals surface area contributed by atoms with Crippen LogP contribution in [0.5, 0.6) is 0 Å². The fourth-order valence-corrected chi connectivity index (χ4v) is 6.99. The maximum Gasteiger partial charge on any atom is 0.183 e. The van der Waals surface area contributed by atoms with Crippen molar-refractivity contribution in [3.8, 4) is 34.3 Å². The highest BCUT2D eigenvalue weighted by Crippen LogP contribution is 2.41. The lowest BCUT2D eigenvalue weighted by Gasteiger charge is -2.10. The quantitative estimate of drug-likeness (QED) is 0.217. The summed E-state index contributed by atoms with van der Waals surface area (Å²) in [6.07, 6.45) is 1.76. The average Bonchev–Trinajstić information content (AvgIpc) is 3.61. The van der Waals surface area contributed by atoms with Crippen molar-refractivity contribution < 1.29 is 4.42 Å². The molecule has 6 heteroatoms. The van der Waals surface area contributed by atoms with E-state index in [1.54, 1.807) is 17.5 Å². The summed E-state index contributed by atoms with van der Waals surface area (Å²) in [5.74, 6) is 1.73. The molecule has 0 atom stereocenters. The number of furan rings is 1. The maximum absolute atomic E-state index is 6.34. The van der Waals surface area contributed by atoms with Gasteiger partial charge in [-0.05, 0) is 41.1 Å². The van der Waals surface area contributed by atoms with Gasteiger partial charge in [-0.15, -0.1) is 11.3 Å². The van der Waals surface area contributed by atoms with Crippen molar-refractivity contribution >= 4 is 64.2 Å². The van der Waals surface area contributed by atoms with Crippen LogP contribution in [0.15, 0.2) is 126 Å². The molecule has 0 saturated carbocycles. The van der Waals surface area contributed by atoms with Gasteiger partial charge in [-0.25, -0.2) is 15.0 Å². The minimum absolute atomic E-state index is 0.511. The molecular weight excluding hydrogens is 536 g/mol. The van der Waals surface area contributed by atoms with Crippen LogP contribution in [-0.2, 0) is 0 Å². The van der Waals surface area contributed by atoms with E-state index in [2.05, 4.69) is 72.8 Å². The first kappa shape index (κ1) is 23.3. The van der Waals surface area contributed by atoms with E-state index in [0.717, 1.165) is 49.2 Å². The first-order valence-corrected chi connectivity index (χ1v) is 14.5. The number of fused-ring (bicyclic) bond motifs is 7. The van der Waals surface area contributed by atoms with Gasteiger partial charge in [0.15, 0.2) is 17.5 Å². The molecule has 0 radical (unpaired) electrons. The van der Waals surface area contributed by atoms with Crippen LogP contribution >= 0.6 is 11.3 Å². The average molecular weight is 557 g/mol. The summed E-state index contributed by atoms with van der Waals surface area (Å²) in [4.78, 5) is 20.0. The third-order valence-corrected chi connectivity index (χ3v) is 8.91. The molecule has 0 aliphatic rings. The second kappa shape index (κ2) is 9.03. The molecule has 0 aliphatic heterocycles. The molecule has 0 spiro atoms. The summed E-state index contributed by atoms with van der Waals surface area (Å²) >= 11 is 1.78. The Balaban J connectivity index is 1.36. The zero-order chi connectivity index (χ0) is 27.6. The number of nitrogens with zero attached hydrogens (tertiary/aromatic N) is 4. The lowest BCUT2D eigenvalue weighted by molar-refractivity contribution is 0.669. The van der Waals surface area contributed by atoms with Gasteiger partial charge in [0.05, 0.1) is 5.39 Å². The second-order valence-electron chi connectivity index (χ2n) is 10.3. The maximum atomic E-state index is 6.34. The van der Waals surface area contributed by atoms with Crippen molar-refractivity contribution in [2.75, 3.05) is 0 Å². The van der Waals surface area contributed by atoms with E-state index >= 15 is 0 Å². The standard InChI is InChI=1S/C36H20N4OS/c1-2-9-21(10-3-1)34-38-35(25-14-8-16-30-31(25)24-13-6-7-15-29(24)42-30)40-36(39-34)33-32-26-19-22-11-4-5-12-23(22)20-28(26)41-27(32)17-18-37-33/h1-20H. The van der Waals surface area contributed by atoms with Gasteiger partial charge < -0.3 is 4.42 Å². The third-order valence-electron chi connectivity index (χ3n) is 7.77. The summed E-state index contributed by atoms with van der Waals surface area (Å²) in [5.41, 5.74) is 4.12. The van der Waals surface area contributed by atoms with Crippen molar-refractivity contribution in [1.29, 1.82) is 0 Å². The highest BCUT2D eigenvalue weighted by atomic mass is 32.1. The van der Waals surface area contributed by atoms with E-state index in [9.17, 15) is 0 Å². The molecule has 0 saturated heterocycles. The summed E-state index contributed by atoms with van der Waals surface area (Å²) in [5, 5.41) is 6.50. The lowest BCUT2D eigenvalue weighted by Crippen LogP contribution is -2.01. The molecule has 9 rings (SSSR count). The van der Waals surface area contributed by atoms with Crippen molar-refractivity contribution in [2.45, 2.75) is 0 Å². The molecule has 4 aromatic heterocycles. The molecule has 4 heterocycles. The largest absolute Gasteiger partial charge is 0.456 e. The van der Waals surface area contributed by atoms with Crippen LogP contribution < -0.4 is 0 Å². The SMILES string of the molecule is c1ccc(-c2nc(-c3nccc4oc5cc6ccccc6cc5c34)nc(-c3cccc4sc5ccccc5c34)n2)cc1. The zero-order valence-corrected chi connectivity index (χ0v) is 23.0. The number of pyridine rings is 1. The van der Waals surface area contributed by atoms with Crippen LogP contribution in [0.1, 0.15) is 0 Å². The zero-order valence-electron chi connectivity index (χ0n) is 22.2. The lowest BCUT2D eigenvalue weighted by atomic mass is 10.0. The van der Waals surface area contributed by atoms with Crippen LogP contribution in [0.3, 0.4) is 0 Å². The fraction of sp³-hybridized carbons (Fsp3) is 0. The van der Waals surface area contributed by atoms with E-state index in [1.165, 1.54) is 14.8 Å². The van der Waals surface area contributed by atoms with Gasteiger partial charge in [-0.1, -0.05) is 84.9 Å². The van der Waals surface area contributed by atoms with Crippen LogP contribution in [0.25, 0.3) is 87.2 Å². The monoisotopic (exact) mass is 556 g/mol. The Labute approximate surface area is 243 Å². The van der Waals surface area contributed by atoms with Crippen LogP contribution in [0.4, 0.5) is 0 Å². The first-order valence-electron chi connectivity index (χ1n) is 13.7. The number of hydrogen-bond donors (Lipinski definition) is 0. The van der Waals surface area contributed by atoms with Gasteiger partial charge in [0.2, 0.25) is 0 Å². The highest BCUT2D eigenvalue weighted by molar-refractivity contribution is 7.25. The predicted octanol–water partition coefficient (Wildman–Crippen LogP) is 9.69. The van der Waals surface area contributed by atoms with Crippen LogP contribution in [-0.4, -0.2) is 19.9 Å². The first-order chi connectivity index (χ1) is 20.8. The molecule has 42 heavy (non-hydrogen) atoms. The number of thiophene rings is 1. The number of benzene rings is 5. The van der Waals surface area contributed by atoms with Crippen molar-refractivity contribution in [1.82, 2.24) is 19.9 Å². The molecule has 0 aliphatic carbocycles. The Morgan fingerprint density at radius 1 is 0.524 bits per heavy atom. The Kier molecular flexibility index (Phi) is 5.00. The van der Waals surface area contributed by atoms with Gasteiger partial charge in [0, 0.05) is 42.9 Å². The smallest absolute Gasteiger partial charge is 0.183 e. The Hall–Kier alpha value is -5.46. The molecule has 0 bridgehead atoms. The highest BCUT2D eigenvalue weighted by Gasteiger charge is 2.21. The molecule has 5 nitrogen and oxygen atoms in total. The van der Waals surface area contributed by atoms with E-state index in [4.69, 9.17) is 24.4 Å². The van der Waals surface area contributed by atoms with Crippen molar-refractivity contribution in [3.63, 3.8) is 0 Å². The molecule has 0 N–H and O–H groups in total. The fourth-order valence-electron chi connectivity index (χ4n) is 5.86. The topological polar surface area (TPSA) is 64.7 Å². The summed E-state index contributed by atoms with van der Waals surface area (Å²) < 4.78 is 8.77. The van der Waals surface area contributed by atoms with Gasteiger partial charge in [-0.2, -0.15) is 0 Å². The number of hydrogen-bond acceptors (Lipinski definition) is 6. The summed E-state index contributed by atoms with van der Waals surface area (Å²) in [7, 11) is 0. The number of aromatic nitrogens is 4. The van der Waals surface area contributed by atoms with E-state index in [1.807, 2.05) is 42.5 Å². The minimum Gasteiger partial charge on any atom is -0.456 e. The second-order valence-corrected chi connectivity index (χ2v) is 11.4. The van der Waals surface area contributed by atoms with Crippen LogP contribution in [0.2, 0.25) is 0 Å². The van der Waals surface area contributed by atoms with E-state index in [-0.39, 0.29) is 0 Å². The molecule has 0 fully saturated rings. The Bertz CT molecular complexity index is 2480. The molecule has 0 amide bonds. The minimum atomic E-state index is 0.511. The van der Waals surface area contributed by atoms with Gasteiger partial charge in [-0.3, -0.25) is 4.98 Å². The normalized spacial score (nSPS) is 11.8. The van der Waals surface area contributed by atoms with Gasteiger partial charge in [0.1, 0.15) is 16.9 Å². The van der Waals surface area contributed by atoms with Crippen LogP contribution in [0, 0.1) is 0 Å².